The van der Waals surface area contributed by atoms with Crippen LogP contribution in [0.1, 0.15) is 12.6 Å². The topological polar surface area (TPSA) is 244 Å². The normalized spacial score (nSPS) is 23.5. The van der Waals surface area contributed by atoms with Crippen LogP contribution in [0.2, 0.25) is 0 Å². The third-order valence-electron chi connectivity index (χ3n) is 3.26. The third kappa shape index (κ3) is 13.9. The van der Waals surface area contributed by atoms with Crippen molar-refractivity contribution in [1.82, 2.24) is 9.55 Å². The molecule has 0 amide bonds. The van der Waals surface area contributed by atoms with Gasteiger partial charge in [-0.25, -0.2) is 18.5 Å². The van der Waals surface area contributed by atoms with Crippen molar-refractivity contribution in [3.63, 3.8) is 0 Å². The van der Waals surface area contributed by atoms with Crippen LogP contribution in [0.5, 0.6) is 0 Å². The largest absolute Gasteiger partial charge is 1.00 e. The fraction of sp³-hybridized carbons (Fsp3) is 0.556. The van der Waals surface area contributed by atoms with Gasteiger partial charge < -0.3 is 29.4 Å². The second-order valence-electron chi connectivity index (χ2n) is 5.46. The van der Waals surface area contributed by atoms with E-state index in [1.807, 2.05) is 4.98 Å². The Morgan fingerprint density at radius 3 is 2.12 bits per heavy atom. The van der Waals surface area contributed by atoms with Crippen molar-refractivity contribution in [3.8, 4) is 0 Å². The summed E-state index contributed by atoms with van der Waals surface area (Å²) in [7, 11) is -16.6. The van der Waals surface area contributed by atoms with Crippen LogP contribution >= 0.6 is 39.4 Å². The average molecular weight is 639 g/mol. The molecule has 166 valence electrons. The summed E-state index contributed by atoms with van der Waals surface area (Å²) in [4.78, 5) is 60.5. The molecule has 1 aliphatic heterocycles. The van der Waals surface area contributed by atoms with Crippen LogP contribution < -0.4 is 129 Å². The zero-order valence-corrected chi connectivity index (χ0v) is 30.1. The Kier molecular flexibility index (Phi) is 20.6. The molecule has 1 aromatic heterocycles. The number of H-pyrrole nitrogens is 1. The third-order valence-corrected chi connectivity index (χ3v) is 7.62. The van der Waals surface area contributed by atoms with Crippen LogP contribution in [0.25, 0.3) is 0 Å². The Morgan fingerprint density at radius 2 is 1.61 bits per heavy atom. The molecule has 1 fully saturated rings. The molecule has 0 saturated carbocycles. The summed E-state index contributed by atoms with van der Waals surface area (Å²) in [6, 6.07) is 0. The van der Waals surface area contributed by atoms with Crippen molar-refractivity contribution in [2.75, 3.05) is 6.61 Å². The van der Waals surface area contributed by atoms with Gasteiger partial charge >= 0.3 is 147 Å². The first-order chi connectivity index (χ1) is 13.1. The van der Waals surface area contributed by atoms with E-state index in [0.29, 0.717) is 0 Å². The van der Waals surface area contributed by atoms with Gasteiger partial charge in [-0.1, -0.05) is 0 Å². The maximum Gasteiger partial charge on any atom is 1.00 e. The van der Waals surface area contributed by atoms with Crippen molar-refractivity contribution in [2.24, 2.45) is 0 Å². The van der Waals surface area contributed by atoms with Gasteiger partial charge in [0.05, 0.1) is 17.2 Å². The van der Waals surface area contributed by atoms with E-state index in [2.05, 4.69) is 29.1 Å². The van der Waals surface area contributed by atoms with Gasteiger partial charge in [0.1, 0.15) is 12.3 Å². The number of phosphoric acid groups is 3. The molecule has 2 heterocycles. The molecule has 5 atom stereocenters. The number of aromatic nitrogens is 2. The number of ether oxygens (including phenoxy) is 1. The van der Waals surface area contributed by atoms with Crippen molar-refractivity contribution in [1.29, 1.82) is 0 Å². The number of halogens is 1. The van der Waals surface area contributed by atoms with E-state index in [9.17, 15) is 33.3 Å². The number of aromatic amines is 1. The number of rotatable bonds is 8. The monoisotopic (exact) mass is 638 g/mol. The van der Waals surface area contributed by atoms with Gasteiger partial charge in [-0.15, -0.1) is 0 Å². The summed E-state index contributed by atoms with van der Waals surface area (Å²) < 4.78 is 51.2. The minimum absolute atomic E-state index is 0. The van der Waals surface area contributed by atoms with Crippen molar-refractivity contribution >= 4 is 39.4 Å². The van der Waals surface area contributed by atoms with E-state index in [4.69, 9.17) is 19.4 Å². The molecule has 0 spiro atoms. The molecule has 16 nitrogen and oxygen atoms in total. The second-order valence-corrected chi connectivity index (χ2v) is 10.7. The molecule has 1 aromatic rings. The van der Waals surface area contributed by atoms with Gasteiger partial charge in [-0.2, -0.15) is 8.62 Å². The fourth-order valence-corrected chi connectivity index (χ4v) is 5.53. The Hall–Kier alpha value is 3.49. The predicted octanol–water partition coefficient (Wildman–Crippen LogP) is -12.7. The standard InChI is InChI=1S/C9H14BrN2O14P3.4Na/c10-4-2-12(9(15)11-8(4)14)7-1-5(13)6(24-7)3-23-28(19,20)26-29(21,22)25-27(16,17)18;;;;/h2,5-7,13H,1,3H2,(H,19,20)(H,21,22)(H,11,14,15)(H2,16,17,18);;;;/q;4*+1/t5-,6+,7+;;;;/m0..../s1. The van der Waals surface area contributed by atoms with Gasteiger partial charge in [0.25, 0.3) is 5.56 Å². The number of aliphatic hydroxyl groups is 1. The second kappa shape index (κ2) is 16.6. The first-order valence-electron chi connectivity index (χ1n) is 7.21. The number of nitrogens with one attached hydrogen (secondary N) is 1. The molecule has 1 saturated heterocycles. The Balaban J connectivity index is -0.00000225. The molecule has 0 bridgehead atoms. The van der Waals surface area contributed by atoms with E-state index >= 15 is 0 Å². The SMILES string of the molecule is O=c1[nH]c(=O)n([C@H]2C[C@H](O)[C@@H](COP(=O)(O)OP(=O)(O)OP(=O)(O)O)O2)cc1Br.[Na+].[Na+].[Na+].[Na+]. The van der Waals surface area contributed by atoms with Gasteiger partial charge in [-0.3, -0.25) is 18.9 Å². The molecule has 0 aliphatic carbocycles. The van der Waals surface area contributed by atoms with Crippen molar-refractivity contribution < 1.29 is 174 Å². The number of phosphoric ester groups is 1. The molecule has 1 aliphatic rings. The predicted molar refractivity (Wildman–Crippen MR) is 93.4 cm³/mol. The molecular weight excluding hydrogens is 625 g/mol. The van der Waals surface area contributed by atoms with Gasteiger partial charge in [-0.05, 0) is 15.9 Å². The van der Waals surface area contributed by atoms with Crippen LogP contribution in [0.4, 0.5) is 0 Å². The summed E-state index contributed by atoms with van der Waals surface area (Å²) in [6.07, 6.45) is -2.83. The molecule has 2 unspecified atom stereocenters. The van der Waals surface area contributed by atoms with Crippen LogP contribution in [-0.2, 0) is 31.6 Å². The summed E-state index contributed by atoms with van der Waals surface area (Å²) in [5, 5.41) is 9.97. The quantitative estimate of drug-likeness (QED) is 0.114. The van der Waals surface area contributed by atoms with Crippen LogP contribution in [-0.4, -0.2) is 53.0 Å². The minimum Gasteiger partial charge on any atom is -0.390 e. The number of hydrogen-bond acceptors (Lipinski definition) is 10. The summed E-state index contributed by atoms with van der Waals surface area (Å²) >= 11 is 2.91. The zero-order valence-electron chi connectivity index (χ0n) is 17.8. The summed E-state index contributed by atoms with van der Waals surface area (Å²) in [5.41, 5.74) is -1.56. The van der Waals surface area contributed by atoms with E-state index in [-0.39, 0.29) is 129 Å². The van der Waals surface area contributed by atoms with E-state index in [1.165, 1.54) is 0 Å². The average Bonchev–Trinajstić information content (AvgIpc) is 2.86. The van der Waals surface area contributed by atoms with E-state index < -0.39 is 59.8 Å². The van der Waals surface area contributed by atoms with Gasteiger partial charge in [0.15, 0.2) is 0 Å². The maximum absolute atomic E-state index is 11.8. The Morgan fingerprint density at radius 1 is 1.06 bits per heavy atom. The number of hydrogen-bond donors (Lipinski definition) is 6. The van der Waals surface area contributed by atoms with Crippen LogP contribution in [0.3, 0.4) is 0 Å². The van der Waals surface area contributed by atoms with Crippen molar-refractivity contribution in [2.45, 2.75) is 24.9 Å². The summed E-state index contributed by atoms with van der Waals surface area (Å²) in [5.74, 6) is 0. The molecule has 33 heavy (non-hydrogen) atoms. The Labute approximate surface area is 282 Å². The smallest absolute Gasteiger partial charge is 0.390 e. The van der Waals surface area contributed by atoms with Crippen molar-refractivity contribution in [3.05, 3.63) is 31.5 Å². The van der Waals surface area contributed by atoms with E-state index in [1.54, 1.807) is 0 Å². The molecule has 6 N–H and O–H groups in total. The fourth-order valence-electron chi connectivity index (χ4n) is 2.18. The first kappa shape index (κ1) is 41.0. The van der Waals surface area contributed by atoms with Crippen LogP contribution in [0.15, 0.2) is 20.3 Å². The Bertz CT molecular complexity index is 1030. The number of nitrogens with zero attached hydrogens (tertiary/aromatic N) is 1. The molecule has 2 rings (SSSR count). The van der Waals surface area contributed by atoms with Gasteiger partial charge in [0, 0.05) is 12.6 Å². The zero-order chi connectivity index (χ0) is 22.2. The van der Waals surface area contributed by atoms with E-state index in [0.717, 1.165) is 10.8 Å². The molecule has 0 radical (unpaired) electrons. The number of aliphatic hydroxyl groups excluding tert-OH is 1. The minimum atomic E-state index is -5.68. The van der Waals surface area contributed by atoms with Crippen LogP contribution in [0, 0.1) is 0 Å². The molecule has 0 aromatic carbocycles. The van der Waals surface area contributed by atoms with Gasteiger partial charge in [0.2, 0.25) is 0 Å². The summed E-state index contributed by atoms with van der Waals surface area (Å²) in [6.45, 7) is -0.888. The molecular formula is C9H14BrN2Na4O14P3+4. The molecule has 24 heteroatoms. The first-order valence-corrected chi connectivity index (χ1v) is 12.5. The maximum atomic E-state index is 11.8.